The van der Waals surface area contributed by atoms with Crippen molar-refractivity contribution in [2.75, 3.05) is 40.3 Å². The number of ether oxygens (including phenoxy) is 1. The number of nitrogens with zero attached hydrogens (tertiary/aromatic N) is 3. The van der Waals surface area contributed by atoms with Gasteiger partial charge in [0.25, 0.3) is 0 Å². The summed E-state index contributed by atoms with van der Waals surface area (Å²) >= 11 is 0. The molecule has 5 nitrogen and oxygen atoms in total. The number of rotatable bonds is 9. The van der Waals surface area contributed by atoms with Crippen LogP contribution in [0.3, 0.4) is 0 Å². The van der Waals surface area contributed by atoms with Crippen LogP contribution in [0.5, 0.6) is 5.75 Å². The maximum atomic E-state index is 5.78. The fraction of sp³-hybridized carbons (Fsp3) is 0.632. The summed E-state index contributed by atoms with van der Waals surface area (Å²) in [6.45, 7) is 7.48. The first-order valence-electron chi connectivity index (χ1n) is 9.01. The van der Waals surface area contributed by atoms with E-state index in [-0.39, 0.29) is 24.0 Å². The highest BCUT2D eigenvalue weighted by atomic mass is 127. The van der Waals surface area contributed by atoms with Gasteiger partial charge in [0.1, 0.15) is 12.4 Å². The molecule has 1 aromatic rings. The summed E-state index contributed by atoms with van der Waals surface area (Å²) in [4.78, 5) is 9.39. The molecule has 2 rings (SSSR count). The minimum Gasteiger partial charge on any atom is -0.492 e. The number of halogens is 1. The Balaban J connectivity index is 0.00000312. The maximum Gasteiger partial charge on any atom is 0.193 e. The van der Waals surface area contributed by atoms with Gasteiger partial charge in [0.05, 0.1) is 13.1 Å². The van der Waals surface area contributed by atoms with Gasteiger partial charge in [-0.15, -0.1) is 24.0 Å². The molecule has 1 saturated carbocycles. The van der Waals surface area contributed by atoms with Crippen molar-refractivity contribution >= 4 is 29.9 Å². The van der Waals surface area contributed by atoms with Crippen LogP contribution in [0.2, 0.25) is 0 Å². The molecule has 1 aromatic carbocycles. The summed E-state index contributed by atoms with van der Waals surface area (Å²) < 4.78 is 5.78. The van der Waals surface area contributed by atoms with Crippen LogP contribution >= 0.6 is 24.0 Å². The summed E-state index contributed by atoms with van der Waals surface area (Å²) in [7, 11) is 4.27. The fourth-order valence-corrected chi connectivity index (χ4v) is 2.58. The minimum atomic E-state index is 0. The van der Waals surface area contributed by atoms with Crippen molar-refractivity contribution in [1.82, 2.24) is 15.1 Å². The Morgan fingerprint density at radius 1 is 1.28 bits per heavy atom. The van der Waals surface area contributed by atoms with E-state index in [1.54, 1.807) is 0 Å². The van der Waals surface area contributed by atoms with Crippen LogP contribution in [0.1, 0.15) is 26.7 Å². The van der Waals surface area contributed by atoms with Crippen molar-refractivity contribution in [3.8, 4) is 5.75 Å². The van der Waals surface area contributed by atoms with Crippen LogP contribution in [0.25, 0.3) is 0 Å². The largest absolute Gasteiger partial charge is 0.492 e. The Hall–Kier alpha value is -1.02. The number of benzene rings is 1. The highest BCUT2D eigenvalue weighted by Crippen LogP contribution is 2.26. The zero-order chi connectivity index (χ0) is 17.4. The third-order valence-electron chi connectivity index (χ3n) is 4.46. The average molecular weight is 460 g/mol. The van der Waals surface area contributed by atoms with Crippen LogP contribution in [-0.4, -0.2) is 68.2 Å². The van der Waals surface area contributed by atoms with E-state index in [4.69, 9.17) is 9.73 Å². The third-order valence-corrected chi connectivity index (χ3v) is 4.46. The van der Waals surface area contributed by atoms with Gasteiger partial charge in [0.2, 0.25) is 0 Å². The predicted octanol–water partition coefficient (Wildman–Crippen LogP) is 3.06. The normalized spacial score (nSPS) is 15.5. The summed E-state index contributed by atoms with van der Waals surface area (Å²) in [5, 5.41) is 3.37. The van der Waals surface area contributed by atoms with E-state index in [0.29, 0.717) is 12.6 Å². The van der Waals surface area contributed by atoms with E-state index in [9.17, 15) is 0 Å². The highest BCUT2D eigenvalue weighted by molar-refractivity contribution is 14.0. The van der Waals surface area contributed by atoms with Gasteiger partial charge >= 0.3 is 0 Å². The average Bonchev–Trinajstić information content (AvgIpc) is 3.43. The van der Waals surface area contributed by atoms with E-state index in [2.05, 4.69) is 43.1 Å². The lowest BCUT2D eigenvalue weighted by atomic mass is 10.3. The molecule has 1 fully saturated rings. The topological polar surface area (TPSA) is 40.1 Å². The van der Waals surface area contributed by atoms with E-state index in [1.165, 1.54) is 12.8 Å². The second-order valence-electron chi connectivity index (χ2n) is 6.52. The lowest BCUT2D eigenvalue weighted by Gasteiger charge is -2.25. The zero-order valence-corrected chi connectivity index (χ0v) is 18.3. The molecular formula is C19H33IN4O. The number of likely N-dealkylation sites (N-methyl/N-ethyl adjacent to an activating group) is 2. The Morgan fingerprint density at radius 3 is 2.56 bits per heavy atom. The minimum absolute atomic E-state index is 0. The van der Waals surface area contributed by atoms with Gasteiger partial charge in [-0.05, 0) is 45.9 Å². The van der Waals surface area contributed by atoms with Crippen molar-refractivity contribution in [3.05, 3.63) is 30.3 Å². The lowest BCUT2D eigenvalue weighted by Crippen LogP contribution is -2.42. The molecule has 0 aromatic heterocycles. The molecule has 0 heterocycles. The van der Waals surface area contributed by atoms with Gasteiger partial charge in [0.15, 0.2) is 5.96 Å². The Morgan fingerprint density at radius 2 is 1.96 bits per heavy atom. The van der Waals surface area contributed by atoms with Crippen molar-refractivity contribution in [3.63, 3.8) is 0 Å². The molecule has 1 aliphatic carbocycles. The molecule has 0 radical (unpaired) electrons. The number of nitrogens with one attached hydrogen (secondary N) is 1. The standard InChI is InChI=1S/C19H32N4O.HI/c1-5-20-19(21-15-16(2)23(4)17-11-12-17)22(3)13-14-24-18-9-7-6-8-10-18;/h6-10,16-17H,5,11-15H2,1-4H3,(H,20,21);1H. The second-order valence-corrected chi connectivity index (χ2v) is 6.52. The molecule has 0 aliphatic heterocycles. The fourth-order valence-electron chi connectivity index (χ4n) is 2.58. The van der Waals surface area contributed by atoms with Crippen molar-refractivity contribution in [2.24, 2.45) is 4.99 Å². The molecule has 0 spiro atoms. The van der Waals surface area contributed by atoms with Crippen LogP contribution in [0, 0.1) is 0 Å². The van der Waals surface area contributed by atoms with Crippen LogP contribution in [-0.2, 0) is 0 Å². The first-order valence-corrected chi connectivity index (χ1v) is 9.01. The number of aliphatic imine (C=N–C) groups is 1. The van der Waals surface area contributed by atoms with Gasteiger partial charge in [-0.3, -0.25) is 9.89 Å². The number of para-hydroxylation sites is 1. The molecule has 0 amide bonds. The Labute approximate surface area is 169 Å². The van der Waals surface area contributed by atoms with Gasteiger partial charge in [-0.25, -0.2) is 0 Å². The molecule has 1 unspecified atom stereocenters. The lowest BCUT2D eigenvalue weighted by molar-refractivity contribution is 0.251. The first-order chi connectivity index (χ1) is 11.6. The smallest absolute Gasteiger partial charge is 0.193 e. The van der Waals surface area contributed by atoms with Crippen LogP contribution in [0.15, 0.2) is 35.3 Å². The van der Waals surface area contributed by atoms with Gasteiger partial charge in [0, 0.05) is 25.7 Å². The Kier molecular flexibility index (Phi) is 10.2. The summed E-state index contributed by atoms with van der Waals surface area (Å²) in [5.74, 6) is 1.86. The van der Waals surface area contributed by atoms with Gasteiger partial charge in [-0.1, -0.05) is 18.2 Å². The number of guanidine groups is 1. The molecule has 6 heteroatoms. The molecule has 1 atom stereocenters. The second kappa shape index (κ2) is 11.6. The van der Waals surface area contributed by atoms with E-state index < -0.39 is 0 Å². The van der Waals surface area contributed by atoms with E-state index in [1.807, 2.05) is 30.3 Å². The Bertz CT molecular complexity index is 507. The van der Waals surface area contributed by atoms with E-state index in [0.717, 1.165) is 37.4 Å². The first kappa shape index (κ1) is 22.0. The van der Waals surface area contributed by atoms with E-state index >= 15 is 0 Å². The SMILES string of the molecule is CCNC(=NCC(C)N(C)C1CC1)N(C)CCOc1ccccc1.I. The van der Waals surface area contributed by atoms with Crippen LogP contribution in [0.4, 0.5) is 0 Å². The summed E-state index contributed by atoms with van der Waals surface area (Å²) in [5.41, 5.74) is 0. The number of hydrogen-bond donors (Lipinski definition) is 1. The monoisotopic (exact) mass is 460 g/mol. The molecule has 0 bridgehead atoms. The van der Waals surface area contributed by atoms with Gasteiger partial charge in [-0.2, -0.15) is 0 Å². The molecule has 25 heavy (non-hydrogen) atoms. The molecular weight excluding hydrogens is 427 g/mol. The maximum absolute atomic E-state index is 5.78. The molecule has 0 saturated heterocycles. The molecule has 1 aliphatic rings. The van der Waals surface area contributed by atoms with Crippen molar-refractivity contribution in [2.45, 2.75) is 38.8 Å². The third kappa shape index (κ3) is 7.81. The van der Waals surface area contributed by atoms with Crippen molar-refractivity contribution < 1.29 is 4.74 Å². The predicted molar refractivity (Wildman–Crippen MR) is 116 cm³/mol. The molecule has 142 valence electrons. The summed E-state index contributed by atoms with van der Waals surface area (Å²) in [6.07, 6.45) is 2.67. The van der Waals surface area contributed by atoms with Gasteiger partial charge < -0.3 is 15.0 Å². The van der Waals surface area contributed by atoms with Crippen LogP contribution < -0.4 is 10.1 Å². The quantitative estimate of drug-likeness (QED) is 0.350. The molecule has 1 N–H and O–H groups in total. The summed E-state index contributed by atoms with van der Waals surface area (Å²) in [6, 6.07) is 11.2. The zero-order valence-electron chi connectivity index (χ0n) is 15.9. The van der Waals surface area contributed by atoms with Crippen molar-refractivity contribution in [1.29, 1.82) is 0 Å². The highest BCUT2D eigenvalue weighted by Gasteiger charge is 2.28. The number of hydrogen-bond acceptors (Lipinski definition) is 3.